The van der Waals surface area contributed by atoms with Crippen LogP contribution < -0.4 is 5.73 Å². The maximum Gasteiger partial charge on any atom is 0.0500 e. The largest absolute Gasteiger partial charge is 0.147 e. The van der Waals surface area contributed by atoms with Gasteiger partial charge in [0.15, 0.2) is 0 Å². The average Bonchev–Trinajstić information content (AvgIpc) is 1.37. The van der Waals surface area contributed by atoms with E-state index in [0.29, 0.717) is 0 Å². The predicted octanol–water partition coefficient (Wildman–Crippen LogP) is 1.08. The standard InChI is InChI=1S/C3H5N.2ClH/c1-2-3-4;;/h2H,1,3H2;2*1H. The van der Waals surface area contributed by atoms with Crippen LogP contribution in [-0.4, -0.2) is 6.54 Å². The Hall–Kier alpha value is 0.280. The van der Waals surface area contributed by atoms with E-state index in [0.717, 1.165) is 0 Å². The Morgan fingerprint density at radius 1 is 1.50 bits per heavy atom. The second-order valence-electron chi connectivity index (χ2n) is 0.471. The summed E-state index contributed by atoms with van der Waals surface area (Å²) in [5.74, 6) is 0. The Labute approximate surface area is 50.4 Å². The topological polar surface area (TPSA) is 22.3 Å². The lowest BCUT2D eigenvalue weighted by molar-refractivity contribution is 1.20. The third-order valence-electron chi connectivity index (χ3n) is 0.129. The molecule has 0 aliphatic carbocycles. The molecule has 0 aliphatic rings. The van der Waals surface area contributed by atoms with Crippen molar-refractivity contribution >= 4 is 24.8 Å². The summed E-state index contributed by atoms with van der Waals surface area (Å²) >= 11 is 0. The first kappa shape index (κ1) is 16.3. The van der Waals surface area contributed by atoms with Gasteiger partial charge in [0.2, 0.25) is 0 Å². The molecule has 0 saturated carbocycles. The zero-order valence-corrected chi connectivity index (χ0v) is 4.89. The monoisotopic (exact) mass is 127 g/mol. The summed E-state index contributed by atoms with van der Waals surface area (Å²) in [6.07, 6.45) is 1.43. The molecule has 1 nitrogen and oxygen atoms in total. The molecule has 0 atom stereocenters. The Balaban J connectivity index is -0.0000000450. The number of halogens is 2. The molecule has 0 bridgehead atoms. The maximum absolute atomic E-state index is 7.76. The van der Waals surface area contributed by atoms with Gasteiger partial charge in [-0.05, 0) is 0 Å². The maximum atomic E-state index is 7.76. The van der Waals surface area contributed by atoms with Gasteiger partial charge in [0.25, 0.3) is 0 Å². The molecule has 0 aromatic carbocycles. The van der Waals surface area contributed by atoms with Crippen molar-refractivity contribution in [3.63, 3.8) is 0 Å². The molecule has 0 saturated heterocycles. The van der Waals surface area contributed by atoms with Gasteiger partial charge < -0.3 is 0 Å². The third-order valence-corrected chi connectivity index (χ3v) is 0.129. The highest BCUT2D eigenvalue weighted by Crippen LogP contribution is 1.44. The van der Waals surface area contributed by atoms with Crippen molar-refractivity contribution in [2.45, 2.75) is 0 Å². The fraction of sp³-hybridized carbons (Fsp3) is 0.333. The molecule has 0 aliphatic heterocycles. The van der Waals surface area contributed by atoms with Gasteiger partial charge in [-0.1, -0.05) is 6.08 Å². The van der Waals surface area contributed by atoms with Gasteiger partial charge >= 0.3 is 0 Å². The highest BCUT2D eigenvalue weighted by Gasteiger charge is 1.48. The molecule has 0 aromatic heterocycles. The molecular weight excluding hydrogens is 121 g/mol. The Kier molecular flexibility index (Phi) is 50.5. The Bertz CT molecular complexity index is 22.8. The number of hydrogen-bond acceptors (Lipinski definition) is 0. The van der Waals surface area contributed by atoms with Gasteiger partial charge in [0.1, 0.15) is 0 Å². The lowest BCUT2D eigenvalue weighted by Crippen LogP contribution is -1.68. The van der Waals surface area contributed by atoms with Crippen LogP contribution in [0.4, 0.5) is 0 Å². The van der Waals surface area contributed by atoms with Crippen molar-refractivity contribution in [3.8, 4) is 0 Å². The second kappa shape index (κ2) is 18.6. The van der Waals surface area contributed by atoms with Crippen LogP contribution in [0.15, 0.2) is 12.7 Å². The zero-order valence-electron chi connectivity index (χ0n) is 3.26. The van der Waals surface area contributed by atoms with Crippen LogP contribution in [0.25, 0.3) is 0 Å². The van der Waals surface area contributed by atoms with E-state index >= 15 is 0 Å². The summed E-state index contributed by atoms with van der Waals surface area (Å²) in [4.78, 5) is 0. The van der Waals surface area contributed by atoms with E-state index in [1.807, 2.05) is 0 Å². The van der Waals surface area contributed by atoms with Crippen LogP contribution in [0.3, 0.4) is 0 Å². The average molecular weight is 128 g/mol. The van der Waals surface area contributed by atoms with Crippen molar-refractivity contribution in [2.75, 3.05) is 6.54 Å². The van der Waals surface area contributed by atoms with Gasteiger partial charge in [-0.25, -0.2) is 0 Å². The van der Waals surface area contributed by atoms with Crippen LogP contribution in [-0.2, 0) is 0 Å². The lowest BCUT2D eigenvalue weighted by atomic mass is 10.7. The number of rotatable bonds is 1. The van der Waals surface area contributed by atoms with Gasteiger partial charge in [-0.3, -0.25) is 0 Å². The summed E-state index contributed by atoms with van der Waals surface area (Å²) in [5, 5.41) is 0. The first-order valence-electron chi connectivity index (χ1n) is 1.13. The molecule has 0 spiro atoms. The quantitative estimate of drug-likeness (QED) is 0.471. The summed E-state index contributed by atoms with van der Waals surface area (Å²) in [6, 6.07) is 0. The van der Waals surface area contributed by atoms with E-state index in [2.05, 4.69) is 6.58 Å². The van der Waals surface area contributed by atoms with E-state index in [4.69, 9.17) is 5.73 Å². The molecule has 6 heavy (non-hydrogen) atoms. The highest BCUT2D eigenvalue weighted by atomic mass is 35.5. The van der Waals surface area contributed by atoms with Gasteiger partial charge in [0, 0.05) is 6.54 Å². The van der Waals surface area contributed by atoms with Crippen LogP contribution in [0.1, 0.15) is 0 Å². The summed E-state index contributed by atoms with van der Waals surface area (Å²) in [6.45, 7) is 3.31. The lowest BCUT2D eigenvalue weighted by Gasteiger charge is -1.55. The molecule has 0 heterocycles. The molecule has 0 N–H and O–H groups in total. The normalized spacial score (nSPS) is 4.17. The molecule has 0 fully saturated rings. The van der Waals surface area contributed by atoms with E-state index in [1.165, 1.54) is 6.08 Å². The predicted molar refractivity (Wildman–Crippen MR) is 31.7 cm³/mol. The SMILES string of the molecule is C=CC[N].Cl.Cl. The third kappa shape index (κ3) is 28.1. The van der Waals surface area contributed by atoms with E-state index < -0.39 is 0 Å². The van der Waals surface area contributed by atoms with Crippen LogP contribution in [0.5, 0.6) is 0 Å². The van der Waals surface area contributed by atoms with E-state index in [1.54, 1.807) is 0 Å². The first-order valence-corrected chi connectivity index (χ1v) is 1.13. The van der Waals surface area contributed by atoms with Crippen LogP contribution >= 0.6 is 24.8 Å². The van der Waals surface area contributed by atoms with Crippen molar-refractivity contribution in [2.24, 2.45) is 0 Å². The number of hydrogen-bond donors (Lipinski definition) is 0. The number of nitrogens with zero attached hydrogens (tertiary/aromatic N) is 1. The van der Waals surface area contributed by atoms with Crippen LogP contribution in [0.2, 0.25) is 0 Å². The minimum atomic E-state index is 0. The van der Waals surface area contributed by atoms with Crippen molar-refractivity contribution in [3.05, 3.63) is 12.7 Å². The Morgan fingerprint density at radius 2 is 1.67 bits per heavy atom. The van der Waals surface area contributed by atoms with Crippen LogP contribution in [0, 0.1) is 0 Å². The second-order valence-corrected chi connectivity index (χ2v) is 0.471. The highest BCUT2D eigenvalue weighted by molar-refractivity contribution is 5.85. The molecule has 0 unspecified atom stereocenters. The molecule has 0 rings (SSSR count). The molecular formula is C3H7Cl2N. The molecule has 2 radical (unpaired) electrons. The van der Waals surface area contributed by atoms with Crippen molar-refractivity contribution < 1.29 is 0 Å². The van der Waals surface area contributed by atoms with Gasteiger partial charge in [-0.2, -0.15) is 0 Å². The van der Waals surface area contributed by atoms with Crippen molar-refractivity contribution in [1.82, 2.24) is 5.73 Å². The Morgan fingerprint density at radius 3 is 1.67 bits per heavy atom. The molecule has 3 heteroatoms. The minimum absolute atomic E-state index is 0. The minimum Gasteiger partial charge on any atom is -0.147 e. The summed E-state index contributed by atoms with van der Waals surface area (Å²) in [7, 11) is 0. The van der Waals surface area contributed by atoms with Gasteiger partial charge in [-0.15, -0.1) is 37.1 Å². The smallest absolute Gasteiger partial charge is 0.0500 e. The van der Waals surface area contributed by atoms with Crippen molar-refractivity contribution in [1.29, 1.82) is 0 Å². The molecule has 38 valence electrons. The molecule has 0 amide bonds. The molecule has 0 aromatic rings. The zero-order chi connectivity index (χ0) is 3.41. The van der Waals surface area contributed by atoms with E-state index in [9.17, 15) is 0 Å². The van der Waals surface area contributed by atoms with Gasteiger partial charge in [0.05, 0.1) is 0 Å². The fourth-order valence-electron chi connectivity index (χ4n) is 0. The fourth-order valence-corrected chi connectivity index (χ4v) is 0. The van der Waals surface area contributed by atoms with E-state index in [-0.39, 0.29) is 31.4 Å². The first-order chi connectivity index (χ1) is 1.91. The summed E-state index contributed by atoms with van der Waals surface area (Å²) < 4.78 is 0. The summed E-state index contributed by atoms with van der Waals surface area (Å²) in [5.41, 5.74) is 7.76.